The van der Waals surface area contributed by atoms with Crippen molar-refractivity contribution in [1.82, 2.24) is 5.32 Å². The molecule has 0 bridgehead atoms. The maximum Gasteiger partial charge on any atom is 0.251 e. The molecule has 0 aromatic heterocycles. The number of nitrogens with one attached hydrogen (secondary N) is 1. The van der Waals surface area contributed by atoms with E-state index < -0.39 is 0 Å². The van der Waals surface area contributed by atoms with E-state index in [4.69, 9.17) is 5.73 Å². The largest absolute Gasteiger partial charge is 0.349 e. The number of hydrogen-bond donors (Lipinski definition) is 2. The highest BCUT2D eigenvalue weighted by Gasteiger charge is 2.20. The van der Waals surface area contributed by atoms with Gasteiger partial charge in [0.05, 0.1) is 0 Å². The standard InChI is InChI=1S/C15H22N2O/c1-11-5-7-14(8-6-11)17-15(18)13-4-2-3-12(9-13)10-16/h2-4,9,11,14H,5-8,10,16H2,1H3,(H,17,18). The van der Waals surface area contributed by atoms with Crippen LogP contribution in [-0.4, -0.2) is 11.9 Å². The Morgan fingerprint density at radius 2 is 2.06 bits per heavy atom. The van der Waals surface area contributed by atoms with Crippen molar-refractivity contribution in [3.63, 3.8) is 0 Å². The van der Waals surface area contributed by atoms with Crippen LogP contribution in [-0.2, 0) is 6.54 Å². The van der Waals surface area contributed by atoms with Gasteiger partial charge in [-0.15, -0.1) is 0 Å². The van der Waals surface area contributed by atoms with Crippen LogP contribution in [0.25, 0.3) is 0 Å². The van der Waals surface area contributed by atoms with Crippen LogP contribution in [0.1, 0.15) is 48.5 Å². The molecular weight excluding hydrogens is 224 g/mol. The van der Waals surface area contributed by atoms with Crippen LogP contribution in [0.5, 0.6) is 0 Å². The normalized spacial score (nSPS) is 23.7. The van der Waals surface area contributed by atoms with Crippen molar-refractivity contribution in [2.45, 2.75) is 45.2 Å². The van der Waals surface area contributed by atoms with Gasteiger partial charge in [0.15, 0.2) is 0 Å². The summed E-state index contributed by atoms with van der Waals surface area (Å²) in [4.78, 5) is 12.1. The van der Waals surface area contributed by atoms with Gasteiger partial charge < -0.3 is 11.1 Å². The quantitative estimate of drug-likeness (QED) is 0.860. The highest BCUT2D eigenvalue weighted by Crippen LogP contribution is 2.23. The lowest BCUT2D eigenvalue weighted by molar-refractivity contribution is 0.0923. The van der Waals surface area contributed by atoms with E-state index in [0.29, 0.717) is 12.6 Å². The van der Waals surface area contributed by atoms with Crippen molar-refractivity contribution in [1.29, 1.82) is 0 Å². The zero-order valence-corrected chi connectivity index (χ0v) is 11.0. The first-order valence-corrected chi connectivity index (χ1v) is 6.79. The Labute approximate surface area is 109 Å². The molecule has 0 radical (unpaired) electrons. The maximum absolute atomic E-state index is 12.1. The van der Waals surface area contributed by atoms with Crippen molar-refractivity contribution < 1.29 is 4.79 Å². The van der Waals surface area contributed by atoms with Gasteiger partial charge in [0.1, 0.15) is 0 Å². The van der Waals surface area contributed by atoms with Gasteiger partial charge in [-0.25, -0.2) is 0 Å². The van der Waals surface area contributed by atoms with Crippen LogP contribution in [0.15, 0.2) is 24.3 Å². The van der Waals surface area contributed by atoms with E-state index in [1.807, 2.05) is 24.3 Å². The van der Waals surface area contributed by atoms with Crippen LogP contribution < -0.4 is 11.1 Å². The van der Waals surface area contributed by atoms with E-state index in [1.54, 1.807) is 0 Å². The Balaban J connectivity index is 1.94. The number of nitrogens with two attached hydrogens (primary N) is 1. The number of benzene rings is 1. The molecular formula is C15H22N2O. The SMILES string of the molecule is CC1CCC(NC(=O)c2cccc(CN)c2)CC1. The fraction of sp³-hybridized carbons (Fsp3) is 0.533. The lowest BCUT2D eigenvalue weighted by Gasteiger charge is -2.26. The molecule has 1 aromatic rings. The van der Waals surface area contributed by atoms with Gasteiger partial charge in [0, 0.05) is 18.2 Å². The minimum Gasteiger partial charge on any atom is -0.349 e. The molecule has 1 aliphatic rings. The Kier molecular flexibility index (Phi) is 4.37. The predicted molar refractivity (Wildman–Crippen MR) is 73.2 cm³/mol. The molecule has 0 unspecified atom stereocenters. The second kappa shape index (κ2) is 6.01. The van der Waals surface area contributed by atoms with Gasteiger partial charge >= 0.3 is 0 Å². The molecule has 1 amide bonds. The highest BCUT2D eigenvalue weighted by atomic mass is 16.1. The van der Waals surface area contributed by atoms with E-state index in [-0.39, 0.29) is 5.91 Å². The molecule has 3 heteroatoms. The number of carbonyl (C=O) groups is 1. The Morgan fingerprint density at radius 3 is 2.72 bits per heavy atom. The lowest BCUT2D eigenvalue weighted by Crippen LogP contribution is -2.37. The predicted octanol–water partition coefficient (Wildman–Crippen LogP) is 2.45. The van der Waals surface area contributed by atoms with Gasteiger partial charge in [0.25, 0.3) is 5.91 Å². The number of hydrogen-bond acceptors (Lipinski definition) is 2. The summed E-state index contributed by atoms with van der Waals surface area (Å²) in [6, 6.07) is 7.90. The van der Waals surface area contributed by atoms with Crippen molar-refractivity contribution in [2.75, 3.05) is 0 Å². The molecule has 3 N–H and O–H groups in total. The second-order valence-electron chi connectivity index (χ2n) is 5.33. The van der Waals surface area contributed by atoms with Crippen LogP contribution in [0.3, 0.4) is 0 Å². The molecule has 0 saturated heterocycles. The Hall–Kier alpha value is -1.35. The maximum atomic E-state index is 12.1. The second-order valence-corrected chi connectivity index (χ2v) is 5.33. The first-order chi connectivity index (χ1) is 8.69. The van der Waals surface area contributed by atoms with Crippen LogP contribution in [0.4, 0.5) is 0 Å². The fourth-order valence-electron chi connectivity index (χ4n) is 2.51. The lowest BCUT2D eigenvalue weighted by atomic mass is 9.87. The zero-order chi connectivity index (χ0) is 13.0. The van der Waals surface area contributed by atoms with Crippen LogP contribution in [0, 0.1) is 5.92 Å². The molecule has 2 rings (SSSR count). The summed E-state index contributed by atoms with van der Waals surface area (Å²) in [5.41, 5.74) is 7.31. The van der Waals surface area contributed by atoms with Gasteiger partial charge in [-0.05, 0) is 49.3 Å². The van der Waals surface area contributed by atoms with Gasteiger partial charge in [-0.1, -0.05) is 19.1 Å². The molecule has 18 heavy (non-hydrogen) atoms. The number of carbonyl (C=O) groups excluding carboxylic acids is 1. The average Bonchev–Trinajstić information content (AvgIpc) is 2.41. The van der Waals surface area contributed by atoms with Crippen molar-refractivity contribution in [3.05, 3.63) is 35.4 Å². The minimum atomic E-state index is 0.0323. The smallest absolute Gasteiger partial charge is 0.251 e. The summed E-state index contributed by atoms with van der Waals surface area (Å²) >= 11 is 0. The first kappa shape index (κ1) is 13.1. The average molecular weight is 246 g/mol. The minimum absolute atomic E-state index is 0.0323. The number of amides is 1. The van der Waals surface area contributed by atoms with E-state index in [1.165, 1.54) is 12.8 Å². The van der Waals surface area contributed by atoms with E-state index in [0.717, 1.165) is 29.9 Å². The van der Waals surface area contributed by atoms with Gasteiger partial charge in [-0.3, -0.25) is 4.79 Å². The van der Waals surface area contributed by atoms with Crippen LogP contribution >= 0.6 is 0 Å². The highest BCUT2D eigenvalue weighted by molar-refractivity contribution is 5.94. The molecule has 0 spiro atoms. The third-order valence-corrected chi connectivity index (χ3v) is 3.78. The van der Waals surface area contributed by atoms with E-state index in [9.17, 15) is 4.79 Å². The third-order valence-electron chi connectivity index (χ3n) is 3.78. The molecule has 1 aromatic carbocycles. The summed E-state index contributed by atoms with van der Waals surface area (Å²) in [7, 11) is 0. The summed E-state index contributed by atoms with van der Waals surface area (Å²) < 4.78 is 0. The zero-order valence-electron chi connectivity index (χ0n) is 11.0. The van der Waals surface area contributed by atoms with Crippen molar-refractivity contribution >= 4 is 5.91 Å². The molecule has 0 atom stereocenters. The van der Waals surface area contributed by atoms with Crippen molar-refractivity contribution in [2.24, 2.45) is 11.7 Å². The number of rotatable bonds is 3. The van der Waals surface area contributed by atoms with Crippen molar-refractivity contribution in [3.8, 4) is 0 Å². The molecule has 0 aliphatic heterocycles. The molecule has 1 fully saturated rings. The summed E-state index contributed by atoms with van der Waals surface area (Å²) in [5, 5.41) is 3.13. The Morgan fingerprint density at radius 1 is 1.33 bits per heavy atom. The summed E-state index contributed by atoms with van der Waals surface area (Å²) in [6.07, 6.45) is 4.63. The third kappa shape index (κ3) is 3.33. The van der Waals surface area contributed by atoms with Gasteiger partial charge in [0.2, 0.25) is 0 Å². The Bertz CT molecular complexity index is 409. The molecule has 3 nitrogen and oxygen atoms in total. The summed E-state index contributed by atoms with van der Waals surface area (Å²) in [6.45, 7) is 2.75. The molecule has 1 saturated carbocycles. The van der Waals surface area contributed by atoms with E-state index in [2.05, 4.69) is 12.2 Å². The van der Waals surface area contributed by atoms with E-state index >= 15 is 0 Å². The molecule has 0 heterocycles. The first-order valence-electron chi connectivity index (χ1n) is 6.79. The monoisotopic (exact) mass is 246 g/mol. The topological polar surface area (TPSA) is 55.1 Å². The molecule has 98 valence electrons. The fourth-order valence-corrected chi connectivity index (χ4v) is 2.51. The molecule has 1 aliphatic carbocycles. The van der Waals surface area contributed by atoms with Gasteiger partial charge in [-0.2, -0.15) is 0 Å². The van der Waals surface area contributed by atoms with Crippen LogP contribution in [0.2, 0.25) is 0 Å². The summed E-state index contributed by atoms with van der Waals surface area (Å²) in [5.74, 6) is 0.837.